The minimum atomic E-state index is 0.595. The first-order chi connectivity index (χ1) is 10.1. The molecule has 0 aromatic carbocycles. The van der Waals surface area contributed by atoms with Gasteiger partial charge in [0, 0.05) is 29.4 Å². The Bertz CT molecular complexity index is 790. The number of thiophene rings is 1. The molecular formula is C14H17N5S2. The maximum absolute atomic E-state index is 6.10. The molecule has 110 valence electrons. The number of nitrogen functional groups attached to an aromatic ring is 1. The maximum atomic E-state index is 6.10. The normalized spacial score (nSPS) is 11.2. The third-order valence-electron chi connectivity index (χ3n) is 3.47. The van der Waals surface area contributed by atoms with Crippen molar-refractivity contribution in [2.75, 3.05) is 18.1 Å². The highest BCUT2D eigenvalue weighted by atomic mass is 32.1. The summed E-state index contributed by atoms with van der Waals surface area (Å²) in [5.74, 6) is 1.40. The number of hydrogen-bond donors (Lipinski definition) is 2. The number of nitrogens with one attached hydrogen (secondary N) is 1. The Morgan fingerprint density at radius 3 is 2.71 bits per heavy atom. The van der Waals surface area contributed by atoms with E-state index in [0.717, 1.165) is 34.0 Å². The molecule has 3 aromatic heterocycles. The quantitative estimate of drug-likeness (QED) is 0.772. The molecular weight excluding hydrogens is 302 g/mol. The lowest BCUT2D eigenvalue weighted by Gasteiger charge is -2.02. The van der Waals surface area contributed by atoms with E-state index in [0.29, 0.717) is 5.82 Å². The molecule has 0 fully saturated rings. The lowest BCUT2D eigenvalue weighted by atomic mass is 10.2. The van der Waals surface area contributed by atoms with Crippen LogP contribution >= 0.6 is 22.7 Å². The Balaban J connectivity index is 1.84. The largest absolute Gasteiger partial charge is 0.383 e. The summed E-state index contributed by atoms with van der Waals surface area (Å²) in [6.45, 7) is 4.17. The van der Waals surface area contributed by atoms with Crippen molar-refractivity contribution in [3.8, 4) is 0 Å². The van der Waals surface area contributed by atoms with Crippen LogP contribution in [0.4, 0.5) is 10.9 Å². The summed E-state index contributed by atoms with van der Waals surface area (Å²) in [6.07, 6.45) is 3.56. The standard InChI is InChI=1S/C14H17N5S2/c1-7-8(2)20-13-11(7)12(15)18-10(19-13)5-4-9-6-17-14(16-3)21-9/h6H,4-5H2,1-3H3,(H,16,17)(H2,15,18,19). The van der Waals surface area contributed by atoms with Gasteiger partial charge in [0.15, 0.2) is 5.13 Å². The molecule has 3 rings (SSSR count). The Labute approximate surface area is 131 Å². The second kappa shape index (κ2) is 5.57. The third kappa shape index (κ3) is 2.71. The predicted octanol–water partition coefficient (Wildman–Crippen LogP) is 3.17. The van der Waals surface area contributed by atoms with Crippen LogP contribution < -0.4 is 11.1 Å². The van der Waals surface area contributed by atoms with Gasteiger partial charge < -0.3 is 11.1 Å². The molecule has 0 spiro atoms. The number of rotatable bonds is 4. The number of aryl methyl sites for hydroxylation is 4. The fourth-order valence-corrected chi connectivity index (χ4v) is 4.03. The van der Waals surface area contributed by atoms with Crippen LogP contribution in [0.25, 0.3) is 10.2 Å². The first kappa shape index (κ1) is 14.2. The van der Waals surface area contributed by atoms with Gasteiger partial charge in [-0.2, -0.15) is 0 Å². The van der Waals surface area contributed by atoms with E-state index in [4.69, 9.17) is 5.73 Å². The SMILES string of the molecule is CNc1ncc(CCc2nc(N)c3c(C)c(C)sc3n2)s1. The Hall–Kier alpha value is -1.73. The number of nitrogens with zero attached hydrogens (tertiary/aromatic N) is 3. The molecule has 3 heterocycles. The number of anilines is 2. The molecule has 0 bridgehead atoms. The van der Waals surface area contributed by atoms with E-state index in [1.165, 1.54) is 15.3 Å². The van der Waals surface area contributed by atoms with Crippen LogP contribution in [0.15, 0.2) is 6.20 Å². The van der Waals surface area contributed by atoms with Crippen molar-refractivity contribution in [2.45, 2.75) is 26.7 Å². The number of hydrogen-bond acceptors (Lipinski definition) is 7. The Morgan fingerprint density at radius 1 is 1.19 bits per heavy atom. The van der Waals surface area contributed by atoms with Crippen LogP contribution in [-0.4, -0.2) is 22.0 Å². The van der Waals surface area contributed by atoms with Crippen LogP contribution in [0, 0.1) is 13.8 Å². The van der Waals surface area contributed by atoms with Crippen LogP contribution in [0.5, 0.6) is 0 Å². The third-order valence-corrected chi connectivity index (χ3v) is 5.64. The molecule has 0 atom stereocenters. The Kier molecular flexibility index (Phi) is 3.77. The van der Waals surface area contributed by atoms with Crippen molar-refractivity contribution in [1.29, 1.82) is 0 Å². The molecule has 0 aliphatic carbocycles. The minimum absolute atomic E-state index is 0.595. The summed E-state index contributed by atoms with van der Waals surface area (Å²) in [7, 11) is 1.88. The molecule has 0 saturated heterocycles. The molecule has 0 aliphatic heterocycles. The summed E-state index contributed by atoms with van der Waals surface area (Å²) in [5, 5.41) is 4.99. The molecule has 3 N–H and O–H groups in total. The smallest absolute Gasteiger partial charge is 0.182 e. The van der Waals surface area contributed by atoms with Crippen molar-refractivity contribution >= 4 is 43.8 Å². The van der Waals surface area contributed by atoms with Gasteiger partial charge in [0.05, 0.1) is 5.39 Å². The van der Waals surface area contributed by atoms with Crippen molar-refractivity contribution in [3.63, 3.8) is 0 Å². The highest BCUT2D eigenvalue weighted by Gasteiger charge is 2.13. The maximum Gasteiger partial charge on any atom is 0.182 e. The van der Waals surface area contributed by atoms with Gasteiger partial charge >= 0.3 is 0 Å². The van der Waals surface area contributed by atoms with Gasteiger partial charge in [0.25, 0.3) is 0 Å². The molecule has 0 aliphatic rings. The monoisotopic (exact) mass is 319 g/mol. The summed E-state index contributed by atoms with van der Waals surface area (Å²) in [5.41, 5.74) is 7.30. The van der Waals surface area contributed by atoms with Crippen molar-refractivity contribution in [3.05, 3.63) is 27.3 Å². The molecule has 0 saturated carbocycles. The van der Waals surface area contributed by atoms with E-state index in [2.05, 4.69) is 34.1 Å². The van der Waals surface area contributed by atoms with Gasteiger partial charge in [-0.25, -0.2) is 15.0 Å². The van der Waals surface area contributed by atoms with Crippen molar-refractivity contribution in [2.24, 2.45) is 0 Å². The average Bonchev–Trinajstić information content (AvgIpc) is 3.02. The van der Waals surface area contributed by atoms with E-state index >= 15 is 0 Å². The second-order valence-electron chi connectivity index (χ2n) is 4.87. The van der Waals surface area contributed by atoms with E-state index in [9.17, 15) is 0 Å². The number of nitrogens with two attached hydrogens (primary N) is 1. The number of thiazole rings is 1. The minimum Gasteiger partial charge on any atom is -0.383 e. The summed E-state index contributed by atoms with van der Waals surface area (Å²) >= 11 is 3.35. The van der Waals surface area contributed by atoms with Crippen molar-refractivity contribution < 1.29 is 0 Å². The molecule has 3 aromatic rings. The lowest BCUT2D eigenvalue weighted by Crippen LogP contribution is -2.01. The van der Waals surface area contributed by atoms with Gasteiger partial charge in [-0.05, 0) is 25.8 Å². The summed E-state index contributed by atoms with van der Waals surface area (Å²) in [6, 6.07) is 0. The van der Waals surface area contributed by atoms with Gasteiger partial charge in [0.2, 0.25) is 0 Å². The van der Waals surface area contributed by atoms with E-state index in [1.54, 1.807) is 22.7 Å². The second-order valence-corrected chi connectivity index (χ2v) is 7.19. The Morgan fingerprint density at radius 2 is 2.00 bits per heavy atom. The lowest BCUT2D eigenvalue weighted by molar-refractivity contribution is 0.883. The van der Waals surface area contributed by atoms with Gasteiger partial charge in [-0.3, -0.25) is 0 Å². The zero-order valence-corrected chi connectivity index (χ0v) is 13.9. The molecule has 5 nitrogen and oxygen atoms in total. The molecule has 0 radical (unpaired) electrons. The van der Waals surface area contributed by atoms with E-state index in [-0.39, 0.29) is 0 Å². The predicted molar refractivity (Wildman–Crippen MR) is 90.4 cm³/mol. The summed E-state index contributed by atoms with van der Waals surface area (Å²) in [4.78, 5) is 16.9. The van der Waals surface area contributed by atoms with Crippen molar-refractivity contribution in [1.82, 2.24) is 15.0 Å². The zero-order valence-electron chi connectivity index (χ0n) is 12.2. The van der Waals surface area contributed by atoms with Gasteiger partial charge in [0.1, 0.15) is 16.5 Å². The molecule has 0 amide bonds. The first-order valence-corrected chi connectivity index (χ1v) is 8.36. The van der Waals surface area contributed by atoms with E-state index in [1.807, 2.05) is 13.2 Å². The fraction of sp³-hybridized carbons (Fsp3) is 0.357. The first-order valence-electron chi connectivity index (χ1n) is 6.73. The van der Waals surface area contributed by atoms with Crippen LogP contribution in [0.2, 0.25) is 0 Å². The summed E-state index contributed by atoms with van der Waals surface area (Å²) < 4.78 is 0. The number of fused-ring (bicyclic) bond motifs is 1. The van der Waals surface area contributed by atoms with Gasteiger partial charge in [-0.15, -0.1) is 22.7 Å². The van der Waals surface area contributed by atoms with E-state index < -0.39 is 0 Å². The van der Waals surface area contributed by atoms with Crippen LogP contribution in [0.3, 0.4) is 0 Å². The fourth-order valence-electron chi connectivity index (χ4n) is 2.21. The topological polar surface area (TPSA) is 76.7 Å². The zero-order chi connectivity index (χ0) is 15.0. The van der Waals surface area contributed by atoms with Gasteiger partial charge in [-0.1, -0.05) is 0 Å². The van der Waals surface area contributed by atoms with Crippen LogP contribution in [0.1, 0.15) is 21.1 Å². The van der Waals surface area contributed by atoms with Crippen LogP contribution in [-0.2, 0) is 12.8 Å². The molecule has 7 heteroatoms. The average molecular weight is 319 g/mol. The highest BCUT2D eigenvalue weighted by molar-refractivity contribution is 7.18. The molecule has 0 unspecified atom stereocenters. The number of aromatic nitrogens is 3. The highest BCUT2D eigenvalue weighted by Crippen LogP contribution is 2.32. The molecule has 21 heavy (non-hydrogen) atoms.